The summed E-state index contributed by atoms with van der Waals surface area (Å²) in [6.07, 6.45) is 2.02. The second-order valence-corrected chi connectivity index (χ2v) is 6.23. The summed E-state index contributed by atoms with van der Waals surface area (Å²) >= 11 is 6.46. The number of hydrogen-bond acceptors (Lipinski definition) is 2. The maximum absolute atomic E-state index is 6.46. The van der Waals surface area contributed by atoms with Crippen molar-refractivity contribution < 1.29 is 4.42 Å². The van der Waals surface area contributed by atoms with E-state index in [1.165, 1.54) is 0 Å². The number of nitrogens with zero attached hydrogens (tertiary/aromatic N) is 2. The van der Waals surface area contributed by atoms with E-state index in [-0.39, 0.29) is 0 Å². The molecule has 2 aromatic carbocycles. The molecular formula is C20H13ClN2O. The molecule has 0 saturated carbocycles. The van der Waals surface area contributed by atoms with Gasteiger partial charge in [-0.1, -0.05) is 41.9 Å². The Balaban J connectivity index is 1.75. The summed E-state index contributed by atoms with van der Waals surface area (Å²) in [5.74, 6) is 0.778. The molecule has 0 unspecified atom stereocenters. The van der Waals surface area contributed by atoms with Crippen molar-refractivity contribution in [1.29, 1.82) is 0 Å². The van der Waals surface area contributed by atoms with Crippen molar-refractivity contribution in [3.63, 3.8) is 0 Å². The van der Waals surface area contributed by atoms with Crippen molar-refractivity contribution in [3.8, 4) is 5.69 Å². The van der Waals surface area contributed by atoms with Crippen LogP contribution in [0.1, 0.15) is 17.0 Å². The molecule has 0 N–H and O–H groups in total. The number of para-hydroxylation sites is 2. The Hall–Kier alpha value is -2.78. The number of halogens is 1. The van der Waals surface area contributed by atoms with E-state index in [9.17, 15) is 0 Å². The third-order valence-corrected chi connectivity index (χ3v) is 4.67. The third-order valence-electron chi connectivity index (χ3n) is 4.37. The largest absolute Gasteiger partial charge is 0.454 e. The molecular weight excluding hydrogens is 320 g/mol. The summed E-state index contributed by atoms with van der Waals surface area (Å²) in [4.78, 5) is 4.83. The van der Waals surface area contributed by atoms with Crippen LogP contribution in [0.15, 0.2) is 76.3 Å². The molecule has 0 saturated heterocycles. The van der Waals surface area contributed by atoms with Gasteiger partial charge in [-0.05, 0) is 35.9 Å². The van der Waals surface area contributed by atoms with Crippen molar-refractivity contribution in [1.82, 2.24) is 4.57 Å². The second kappa shape index (κ2) is 5.11. The Morgan fingerprint density at radius 1 is 1.00 bits per heavy atom. The molecule has 2 aromatic heterocycles. The van der Waals surface area contributed by atoms with E-state index in [1.807, 2.05) is 60.8 Å². The van der Waals surface area contributed by atoms with Crippen LogP contribution in [0, 0.1) is 0 Å². The molecule has 24 heavy (non-hydrogen) atoms. The lowest BCUT2D eigenvalue weighted by Crippen LogP contribution is -2.07. The van der Waals surface area contributed by atoms with Crippen LogP contribution >= 0.6 is 11.6 Å². The third kappa shape index (κ3) is 1.95. The lowest BCUT2D eigenvalue weighted by atomic mass is 10.1. The highest BCUT2D eigenvalue weighted by Gasteiger charge is 2.22. The fraction of sp³-hybridized carbons (Fsp3) is 0.0500. The Bertz CT molecular complexity index is 1070. The molecule has 0 atom stereocenters. The molecule has 1 aliphatic rings. The molecule has 4 aromatic rings. The smallest absolute Gasteiger partial charge is 0.155 e. The van der Waals surface area contributed by atoms with E-state index in [1.54, 1.807) is 0 Å². The van der Waals surface area contributed by atoms with Crippen LogP contribution in [0.4, 0.5) is 0 Å². The van der Waals surface area contributed by atoms with Crippen molar-refractivity contribution in [2.45, 2.75) is 6.54 Å². The highest BCUT2D eigenvalue weighted by atomic mass is 35.5. The molecule has 1 aliphatic heterocycles. The van der Waals surface area contributed by atoms with Gasteiger partial charge in [-0.2, -0.15) is 0 Å². The van der Waals surface area contributed by atoms with Crippen molar-refractivity contribution in [3.05, 3.63) is 88.9 Å². The van der Waals surface area contributed by atoms with Gasteiger partial charge in [-0.3, -0.25) is 4.99 Å². The van der Waals surface area contributed by atoms with E-state index < -0.39 is 0 Å². The maximum Gasteiger partial charge on any atom is 0.155 e. The monoisotopic (exact) mass is 332 g/mol. The first-order valence-electron chi connectivity index (χ1n) is 7.80. The molecule has 0 spiro atoms. The molecule has 0 aliphatic carbocycles. The molecule has 3 nitrogen and oxygen atoms in total. The maximum atomic E-state index is 6.46. The average molecular weight is 333 g/mol. The van der Waals surface area contributed by atoms with Crippen LogP contribution in [0.5, 0.6) is 0 Å². The summed E-state index contributed by atoms with van der Waals surface area (Å²) in [6.45, 7) is 0.573. The van der Waals surface area contributed by atoms with E-state index in [0.29, 0.717) is 6.54 Å². The zero-order valence-corrected chi connectivity index (χ0v) is 13.5. The number of aliphatic imine (C=N–C) groups is 1. The minimum absolute atomic E-state index is 0.573. The first-order chi connectivity index (χ1) is 11.8. The average Bonchev–Trinajstić information content (AvgIpc) is 3.19. The topological polar surface area (TPSA) is 30.4 Å². The Morgan fingerprint density at radius 3 is 2.83 bits per heavy atom. The number of aromatic nitrogens is 1. The van der Waals surface area contributed by atoms with Crippen molar-refractivity contribution in [2.24, 2.45) is 4.99 Å². The zero-order valence-electron chi connectivity index (χ0n) is 12.7. The van der Waals surface area contributed by atoms with Gasteiger partial charge in [-0.25, -0.2) is 0 Å². The van der Waals surface area contributed by atoms with E-state index in [4.69, 9.17) is 21.0 Å². The van der Waals surface area contributed by atoms with Crippen LogP contribution in [0.25, 0.3) is 16.7 Å². The molecule has 5 rings (SSSR count). The summed E-state index contributed by atoms with van der Waals surface area (Å²) < 4.78 is 8.14. The zero-order chi connectivity index (χ0) is 16.1. The summed E-state index contributed by atoms with van der Waals surface area (Å²) in [5.41, 5.74) is 4.80. The molecule has 0 amide bonds. The van der Waals surface area contributed by atoms with Crippen LogP contribution in [-0.4, -0.2) is 10.3 Å². The highest BCUT2D eigenvalue weighted by molar-refractivity contribution is 6.32. The molecule has 3 heterocycles. The predicted octanol–water partition coefficient (Wildman–Crippen LogP) is 5.23. The first-order valence-corrected chi connectivity index (χ1v) is 8.18. The number of furan rings is 1. The van der Waals surface area contributed by atoms with Gasteiger partial charge in [-0.15, -0.1) is 0 Å². The standard InChI is InChI=1S/C20H13ClN2O/c21-15-7-3-6-14-12-22-19(16-8-4-10-23(16)20(14)15)18-11-13-5-1-2-9-17(13)24-18/h1-11H,12H2. The van der Waals surface area contributed by atoms with E-state index >= 15 is 0 Å². The quantitative estimate of drug-likeness (QED) is 0.469. The first kappa shape index (κ1) is 13.6. The molecule has 116 valence electrons. The lowest BCUT2D eigenvalue weighted by molar-refractivity contribution is 0.604. The van der Waals surface area contributed by atoms with Gasteiger partial charge in [0, 0.05) is 11.6 Å². The Labute approximate surface area is 143 Å². The van der Waals surface area contributed by atoms with Gasteiger partial charge in [0.15, 0.2) is 5.76 Å². The summed E-state index contributed by atoms with van der Waals surface area (Å²) in [6, 6.07) is 20.0. The molecule has 0 radical (unpaired) electrons. The fourth-order valence-corrected chi connectivity index (χ4v) is 3.56. The van der Waals surface area contributed by atoms with Crippen LogP contribution in [0.2, 0.25) is 5.02 Å². The lowest BCUT2D eigenvalue weighted by Gasteiger charge is -2.11. The van der Waals surface area contributed by atoms with Gasteiger partial charge >= 0.3 is 0 Å². The fourth-order valence-electron chi connectivity index (χ4n) is 3.27. The van der Waals surface area contributed by atoms with Crippen LogP contribution in [0.3, 0.4) is 0 Å². The molecule has 0 bridgehead atoms. The van der Waals surface area contributed by atoms with Gasteiger partial charge in [0.25, 0.3) is 0 Å². The number of rotatable bonds is 1. The van der Waals surface area contributed by atoms with Crippen molar-refractivity contribution in [2.75, 3.05) is 0 Å². The minimum Gasteiger partial charge on any atom is -0.454 e. The number of hydrogen-bond donors (Lipinski definition) is 0. The van der Waals surface area contributed by atoms with Gasteiger partial charge < -0.3 is 8.98 Å². The highest BCUT2D eigenvalue weighted by Crippen LogP contribution is 2.31. The van der Waals surface area contributed by atoms with Crippen LogP contribution < -0.4 is 0 Å². The minimum atomic E-state index is 0.573. The Morgan fingerprint density at radius 2 is 1.92 bits per heavy atom. The molecule has 0 fully saturated rings. The predicted molar refractivity (Wildman–Crippen MR) is 96.3 cm³/mol. The number of fused-ring (bicyclic) bond motifs is 4. The Kier molecular flexibility index (Phi) is 2.91. The van der Waals surface area contributed by atoms with Gasteiger partial charge in [0.05, 0.1) is 22.9 Å². The summed E-state index contributed by atoms with van der Waals surface area (Å²) in [7, 11) is 0. The second-order valence-electron chi connectivity index (χ2n) is 5.82. The summed E-state index contributed by atoms with van der Waals surface area (Å²) in [5, 5.41) is 1.80. The molecule has 4 heteroatoms. The number of benzene rings is 2. The van der Waals surface area contributed by atoms with Gasteiger partial charge in [0.2, 0.25) is 0 Å². The van der Waals surface area contributed by atoms with Crippen molar-refractivity contribution >= 4 is 28.3 Å². The normalized spacial score (nSPS) is 13.3. The van der Waals surface area contributed by atoms with E-state index in [0.717, 1.165) is 44.4 Å². The van der Waals surface area contributed by atoms with Gasteiger partial charge in [0.1, 0.15) is 11.3 Å². The van der Waals surface area contributed by atoms with E-state index in [2.05, 4.69) is 10.6 Å². The van der Waals surface area contributed by atoms with Crippen LogP contribution in [-0.2, 0) is 6.54 Å². The SMILES string of the molecule is Clc1cccc2c1-n1cccc1C(c1cc3ccccc3o1)=NC2.